The van der Waals surface area contributed by atoms with E-state index in [-0.39, 0.29) is 5.56 Å². The van der Waals surface area contributed by atoms with E-state index in [4.69, 9.17) is 15.3 Å². The van der Waals surface area contributed by atoms with E-state index in [0.29, 0.717) is 23.5 Å². The van der Waals surface area contributed by atoms with Crippen LogP contribution >= 0.6 is 0 Å². The lowest BCUT2D eigenvalue weighted by molar-refractivity contribution is 0.413. The number of ether oxygens (including phenoxy) is 1. The molecule has 0 aliphatic carbocycles. The Morgan fingerprint density at radius 1 is 1.19 bits per heavy atom. The minimum Gasteiger partial charge on any atom is -0.495 e. The number of anilines is 1. The lowest BCUT2D eigenvalue weighted by Crippen LogP contribution is -2.03. The van der Waals surface area contributed by atoms with E-state index in [1.54, 1.807) is 24.3 Å². The number of nitrogens with one attached hydrogen (secondary N) is 1. The Balaban J connectivity index is 2.20. The zero-order valence-corrected chi connectivity index (χ0v) is 11.4. The molecule has 0 unspecified atom stereocenters. The number of nitrogens with zero attached hydrogens (tertiary/aromatic N) is 2. The van der Waals surface area contributed by atoms with Crippen LogP contribution in [-0.4, -0.2) is 7.11 Å². The molecular weight excluding hydrogens is 269 g/mol. The highest BCUT2D eigenvalue weighted by molar-refractivity contribution is 5.58. The molecule has 0 heterocycles. The Morgan fingerprint density at radius 2 is 2.00 bits per heavy atom. The van der Waals surface area contributed by atoms with Gasteiger partial charge < -0.3 is 10.1 Å². The second-order valence-electron chi connectivity index (χ2n) is 4.27. The fourth-order valence-corrected chi connectivity index (χ4v) is 1.92. The average molecular weight is 281 g/mol. The van der Waals surface area contributed by atoms with Gasteiger partial charge >= 0.3 is 0 Å². The molecule has 0 aliphatic heterocycles. The molecule has 4 nitrogen and oxygen atoms in total. The van der Waals surface area contributed by atoms with Crippen LogP contribution in [0.2, 0.25) is 0 Å². The molecule has 0 atom stereocenters. The first-order chi connectivity index (χ1) is 10.2. The van der Waals surface area contributed by atoms with Crippen molar-refractivity contribution in [3.63, 3.8) is 0 Å². The molecule has 2 aromatic rings. The van der Waals surface area contributed by atoms with Crippen molar-refractivity contribution < 1.29 is 9.13 Å². The van der Waals surface area contributed by atoms with Crippen LogP contribution in [0.1, 0.15) is 16.7 Å². The zero-order valence-electron chi connectivity index (χ0n) is 11.4. The average Bonchev–Trinajstić information content (AvgIpc) is 2.52. The fourth-order valence-electron chi connectivity index (χ4n) is 1.92. The summed E-state index contributed by atoms with van der Waals surface area (Å²) in [6, 6.07) is 13.5. The smallest absolute Gasteiger partial charge is 0.143 e. The molecule has 104 valence electrons. The predicted octanol–water partition coefficient (Wildman–Crippen LogP) is 3.19. The van der Waals surface area contributed by atoms with Gasteiger partial charge in [-0.15, -0.1) is 0 Å². The van der Waals surface area contributed by atoms with Gasteiger partial charge in [0.1, 0.15) is 29.3 Å². The Kier molecular flexibility index (Phi) is 4.38. The zero-order chi connectivity index (χ0) is 15.2. The molecule has 0 saturated heterocycles. The van der Waals surface area contributed by atoms with Crippen LogP contribution < -0.4 is 10.1 Å². The number of hydrogen-bond donors (Lipinski definition) is 1. The van der Waals surface area contributed by atoms with Crippen molar-refractivity contribution in [2.45, 2.75) is 6.54 Å². The van der Waals surface area contributed by atoms with Crippen molar-refractivity contribution in [2.24, 2.45) is 0 Å². The van der Waals surface area contributed by atoms with Gasteiger partial charge in [0.15, 0.2) is 0 Å². The quantitative estimate of drug-likeness (QED) is 0.934. The molecule has 21 heavy (non-hydrogen) atoms. The van der Waals surface area contributed by atoms with Gasteiger partial charge in [0.05, 0.1) is 18.4 Å². The third-order valence-electron chi connectivity index (χ3n) is 2.99. The highest BCUT2D eigenvalue weighted by Gasteiger charge is 2.08. The van der Waals surface area contributed by atoms with Gasteiger partial charge in [-0.25, -0.2) is 4.39 Å². The van der Waals surface area contributed by atoms with Gasteiger partial charge in [0.2, 0.25) is 0 Å². The minimum atomic E-state index is -0.556. The first-order valence-corrected chi connectivity index (χ1v) is 6.19. The van der Waals surface area contributed by atoms with E-state index < -0.39 is 5.82 Å². The van der Waals surface area contributed by atoms with Crippen molar-refractivity contribution in [3.8, 4) is 17.9 Å². The summed E-state index contributed by atoms with van der Waals surface area (Å²) in [5, 5.41) is 20.9. The molecule has 0 radical (unpaired) electrons. The van der Waals surface area contributed by atoms with E-state index in [1.807, 2.05) is 12.1 Å². The molecule has 5 heteroatoms. The van der Waals surface area contributed by atoms with Crippen LogP contribution in [-0.2, 0) is 6.54 Å². The molecule has 0 aliphatic rings. The molecule has 0 amide bonds. The van der Waals surface area contributed by atoms with Crippen LogP contribution in [0.5, 0.6) is 5.75 Å². The molecule has 0 fully saturated rings. The highest BCUT2D eigenvalue weighted by atomic mass is 19.1. The Morgan fingerprint density at radius 3 is 2.67 bits per heavy atom. The number of methoxy groups -OCH3 is 1. The Hall–Kier alpha value is -3.05. The molecule has 2 rings (SSSR count). The summed E-state index contributed by atoms with van der Waals surface area (Å²) in [5.41, 5.74) is 1.72. The van der Waals surface area contributed by atoms with Crippen LogP contribution in [0.3, 0.4) is 0 Å². The van der Waals surface area contributed by atoms with Crippen molar-refractivity contribution >= 4 is 5.69 Å². The molecule has 0 aromatic heterocycles. The molecule has 0 saturated carbocycles. The number of hydrogen-bond acceptors (Lipinski definition) is 4. The standard InChI is InChI=1S/C16H12FN3O/c1-21-16-7-11(5-6-12(16)8-18)10-20-15-4-2-3-14(17)13(15)9-19/h2-7,20H,10H2,1H3. The summed E-state index contributed by atoms with van der Waals surface area (Å²) in [7, 11) is 1.49. The van der Waals surface area contributed by atoms with Crippen molar-refractivity contribution in [3.05, 3.63) is 58.9 Å². The van der Waals surface area contributed by atoms with Crippen LogP contribution in [0.15, 0.2) is 36.4 Å². The molecule has 0 bridgehead atoms. The lowest BCUT2D eigenvalue weighted by atomic mass is 10.1. The maximum Gasteiger partial charge on any atom is 0.143 e. The second kappa shape index (κ2) is 6.40. The van der Waals surface area contributed by atoms with Gasteiger partial charge in [-0.05, 0) is 29.8 Å². The van der Waals surface area contributed by atoms with Crippen LogP contribution in [0, 0.1) is 28.5 Å². The summed E-state index contributed by atoms with van der Waals surface area (Å²) in [6.07, 6.45) is 0. The third kappa shape index (κ3) is 3.10. The minimum absolute atomic E-state index is 0.0156. The van der Waals surface area contributed by atoms with Crippen molar-refractivity contribution in [2.75, 3.05) is 12.4 Å². The maximum absolute atomic E-state index is 13.5. The van der Waals surface area contributed by atoms with Gasteiger partial charge in [-0.2, -0.15) is 10.5 Å². The van der Waals surface area contributed by atoms with Crippen LogP contribution in [0.4, 0.5) is 10.1 Å². The van der Waals surface area contributed by atoms with E-state index in [2.05, 4.69) is 5.32 Å². The SMILES string of the molecule is COc1cc(CNc2cccc(F)c2C#N)ccc1C#N. The van der Waals surface area contributed by atoms with E-state index in [0.717, 1.165) is 5.56 Å². The van der Waals surface area contributed by atoms with Gasteiger partial charge in [-0.3, -0.25) is 0 Å². The van der Waals surface area contributed by atoms with E-state index in [1.165, 1.54) is 19.2 Å². The number of halogens is 1. The third-order valence-corrected chi connectivity index (χ3v) is 2.99. The predicted molar refractivity (Wildman–Crippen MR) is 76.2 cm³/mol. The Bertz CT molecular complexity index is 744. The van der Waals surface area contributed by atoms with Crippen molar-refractivity contribution in [1.82, 2.24) is 0 Å². The second-order valence-corrected chi connectivity index (χ2v) is 4.27. The van der Waals surface area contributed by atoms with Crippen molar-refractivity contribution in [1.29, 1.82) is 10.5 Å². The highest BCUT2D eigenvalue weighted by Crippen LogP contribution is 2.22. The fraction of sp³-hybridized carbons (Fsp3) is 0.125. The summed E-state index contributed by atoms with van der Waals surface area (Å²) in [6.45, 7) is 0.389. The number of rotatable bonds is 4. The number of nitriles is 2. The molecule has 0 spiro atoms. The first kappa shape index (κ1) is 14.4. The van der Waals surface area contributed by atoms with E-state index in [9.17, 15) is 4.39 Å². The summed E-state index contributed by atoms with van der Waals surface area (Å²) < 4.78 is 18.6. The summed E-state index contributed by atoms with van der Waals surface area (Å²) >= 11 is 0. The van der Waals surface area contributed by atoms with E-state index >= 15 is 0 Å². The largest absolute Gasteiger partial charge is 0.495 e. The van der Waals surface area contributed by atoms with Gasteiger partial charge in [0, 0.05) is 6.54 Å². The molecule has 2 aromatic carbocycles. The maximum atomic E-state index is 13.5. The molecule has 1 N–H and O–H groups in total. The van der Waals surface area contributed by atoms with Gasteiger partial charge in [-0.1, -0.05) is 12.1 Å². The van der Waals surface area contributed by atoms with Crippen LogP contribution in [0.25, 0.3) is 0 Å². The first-order valence-electron chi connectivity index (χ1n) is 6.19. The molecular formula is C16H12FN3O. The summed E-state index contributed by atoms with van der Waals surface area (Å²) in [4.78, 5) is 0. The van der Waals surface area contributed by atoms with Gasteiger partial charge in [0.25, 0.3) is 0 Å². The topological polar surface area (TPSA) is 68.8 Å². The lowest BCUT2D eigenvalue weighted by Gasteiger charge is -2.10. The summed E-state index contributed by atoms with van der Waals surface area (Å²) in [5.74, 6) is -0.0727. The normalized spacial score (nSPS) is 9.52. The monoisotopic (exact) mass is 281 g/mol. The Labute approximate surface area is 122 Å². The number of benzene rings is 2.